The highest BCUT2D eigenvalue weighted by atomic mass is 16.5. The first-order valence-corrected chi connectivity index (χ1v) is 5.82. The summed E-state index contributed by atoms with van der Waals surface area (Å²) in [5.41, 5.74) is 0.264. The van der Waals surface area contributed by atoms with E-state index in [4.69, 9.17) is 9.47 Å². The fourth-order valence-electron chi connectivity index (χ4n) is 1.54. The van der Waals surface area contributed by atoms with Gasteiger partial charge < -0.3 is 14.4 Å². The molecule has 4 heteroatoms. The molecule has 0 aliphatic heterocycles. The predicted octanol–water partition coefficient (Wildman–Crippen LogP) is 2.57. The lowest BCUT2D eigenvalue weighted by Crippen LogP contribution is -2.42. The molecule has 1 amide bonds. The zero-order valence-electron chi connectivity index (χ0n) is 11.9. The highest BCUT2D eigenvalue weighted by Gasteiger charge is 2.26. The molecule has 0 aromatic heterocycles. The molecule has 0 N–H and O–H groups in total. The van der Waals surface area contributed by atoms with Crippen LogP contribution in [0.3, 0.4) is 0 Å². The first-order chi connectivity index (χ1) is 8.32. The molecule has 18 heavy (non-hydrogen) atoms. The molecule has 0 saturated carbocycles. The summed E-state index contributed by atoms with van der Waals surface area (Å²) in [5, 5.41) is 0. The smallest absolute Gasteiger partial charge is 0.257 e. The first-order valence-electron chi connectivity index (χ1n) is 5.82. The zero-order chi connectivity index (χ0) is 13.9. The highest BCUT2D eigenvalue weighted by Crippen LogP contribution is 2.32. The van der Waals surface area contributed by atoms with Crippen molar-refractivity contribution in [3.8, 4) is 11.5 Å². The van der Waals surface area contributed by atoms with Crippen molar-refractivity contribution in [2.75, 3.05) is 21.3 Å². The van der Waals surface area contributed by atoms with E-state index in [0.29, 0.717) is 17.1 Å². The molecule has 0 unspecified atom stereocenters. The van der Waals surface area contributed by atoms with Crippen LogP contribution in [0.2, 0.25) is 0 Å². The Hall–Kier alpha value is -1.71. The minimum atomic E-state index is -0.245. The molecule has 0 bridgehead atoms. The molecule has 0 aliphatic rings. The molecule has 4 nitrogen and oxygen atoms in total. The summed E-state index contributed by atoms with van der Waals surface area (Å²) < 4.78 is 10.5. The fraction of sp³-hybridized carbons (Fsp3) is 0.500. The second-order valence-corrected chi connectivity index (χ2v) is 5.08. The molecule has 0 heterocycles. The Kier molecular flexibility index (Phi) is 4.22. The van der Waals surface area contributed by atoms with Crippen molar-refractivity contribution in [3.05, 3.63) is 23.8 Å². The van der Waals surface area contributed by atoms with Gasteiger partial charge in [0.05, 0.1) is 19.8 Å². The van der Waals surface area contributed by atoms with E-state index in [1.807, 2.05) is 20.8 Å². The summed E-state index contributed by atoms with van der Waals surface area (Å²) in [7, 11) is 4.87. The van der Waals surface area contributed by atoms with Gasteiger partial charge in [0, 0.05) is 12.6 Å². The van der Waals surface area contributed by atoms with Gasteiger partial charge in [-0.05, 0) is 32.9 Å². The largest absolute Gasteiger partial charge is 0.493 e. The predicted molar refractivity (Wildman–Crippen MR) is 71.4 cm³/mol. The molecule has 0 radical (unpaired) electrons. The van der Waals surface area contributed by atoms with E-state index >= 15 is 0 Å². The molecule has 0 saturated heterocycles. The van der Waals surface area contributed by atoms with Gasteiger partial charge in [-0.25, -0.2) is 0 Å². The van der Waals surface area contributed by atoms with Crippen molar-refractivity contribution in [3.63, 3.8) is 0 Å². The van der Waals surface area contributed by atoms with Crippen molar-refractivity contribution in [2.45, 2.75) is 26.3 Å². The lowest BCUT2D eigenvalue weighted by atomic mass is 10.0. The van der Waals surface area contributed by atoms with E-state index in [0.717, 1.165) is 0 Å². The molecule has 0 fully saturated rings. The fourth-order valence-corrected chi connectivity index (χ4v) is 1.54. The second-order valence-electron chi connectivity index (χ2n) is 5.08. The van der Waals surface area contributed by atoms with Crippen molar-refractivity contribution in [2.24, 2.45) is 0 Å². The maximum absolute atomic E-state index is 12.4. The molecule has 0 aliphatic carbocycles. The monoisotopic (exact) mass is 251 g/mol. The SMILES string of the molecule is COc1cccc(C(=O)N(C)C(C)(C)C)c1OC. The van der Waals surface area contributed by atoms with Crippen LogP contribution in [0.25, 0.3) is 0 Å². The van der Waals surface area contributed by atoms with Crippen molar-refractivity contribution >= 4 is 5.91 Å². The van der Waals surface area contributed by atoms with Crippen molar-refractivity contribution in [1.82, 2.24) is 4.90 Å². The van der Waals surface area contributed by atoms with Crippen LogP contribution >= 0.6 is 0 Å². The summed E-state index contributed by atoms with van der Waals surface area (Å²) in [6, 6.07) is 5.30. The van der Waals surface area contributed by atoms with Crippen LogP contribution in [-0.4, -0.2) is 37.6 Å². The lowest BCUT2D eigenvalue weighted by Gasteiger charge is -2.32. The molecule has 100 valence electrons. The number of rotatable bonds is 3. The number of hydrogen-bond acceptors (Lipinski definition) is 3. The van der Waals surface area contributed by atoms with Crippen LogP contribution in [0.5, 0.6) is 11.5 Å². The number of amides is 1. The minimum absolute atomic E-state index is 0.0850. The van der Waals surface area contributed by atoms with Gasteiger partial charge in [-0.3, -0.25) is 4.79 Å². The Balaban J connectivity index is 3.21. The summed E-state index contributed by atoms with van der Waals surface area (Å²) in [5.74, 6) is 0.949. The third-order valence-corrected chi connectivity index (χ3v) is 2.94. The molecule has 1 aromatic carbocycles. The van der Waals surface area contributed by atoms with Gasteiger partial charge in [0.15, 0.2) is 11.5 Å². The van der Waals surface area contributed by atoms with Gasteiger partial charge in [0.25, 0.3) is 5.91 Å². The number of benzene rings is 1. The second kappa shape index (κ2) is 5.29. The maximum Gasteiger partial charge on any atom is 0.257 e. The Morgan fingerprint density at radius 1 is 1.17 bits per heavy atom. The van der Waals surface area contributed by atoms with Gasteiger partial charge in [0.1, 0.15) is 0 Å². The molecule has 1 aromatic rings. The molecule has 0 atom stereocenters. The normalized spacial score (nSPS) is 11.0. The van der Waals surface area contributed by atoms with Gasteiger partial charge in [-0.2, -0.15) is 0 Å². The number of nitrogens with zero attached hydrogens (tertiary/aromatic N) is 1. The number of carbonyl (C=O) groups excluding carboxylic acids is 1. The Morgan fingerprint density at radius 2 is 1.78 bits per heavy atom. The Labute approximate surface area is 108 Å². The van der Waals surface area contributed by atoms with Crippen LogP contribution in [-0.2, 0) is 0 Å². The van der Waals surface area contributed by atoms with Crippen LogP contribution in [0.4, 0.5) is 0 Å². The molecule has 0 spiro atoms. The zero-order valence-corrected chi connectivity index (χ0v) is 11.9. The topological polar surface area (TPSA) is 38.8 Å². The van der Waals surface area contributed by atoms with Crippen LogP contribution in [0, 0.1) is 0 Å². The van der Waals surface area contributed by atoms with E-state index in [9.17, 15) is 4.79 Å². The van der Waals surface area contributed by atoms with Crippen LogP contribution in [0.1, 0.15) is 31.1 Å². The summed E-state index contributed by atoms with van der Waals surface area (Å²) in [4.78, 5) is 14.1. The number of carbonyl (C=O) groups is 1. The molecular formula is C14H21NO3. The number of hydrogen-bond donors (Lipinski definition) is 0. The van der Waals surface area contributed by atoms with E-state index in [2.05, 4.69) is 0 Å². The Bertz CT molecular complexity index is 435. The third-order valence-electron chi connectivity index (χ3n) is 2.94. The van der Waals surface area contributed by atoms with E-state index in [1.165, 1.54) is 7.11 Å². The maximum atomic E-state index is 12.4. The van der Waals surface area contributed by atoms with E-state index in [-0.39, 0.29) is 11.4 Å². The summed E-state index contributed by atoms with van der Waals surface area (Å²) in [6.07, 6.45) is 0. The molecule has 1 rings (SSSR count). The number of ether oxygens (including phenoxy) is 2. The third kappa shape index (κ3) is 2.75. The van der Waals surface area contributed by atoms with E-state index < -0.39 is 0 Å². The van der Waals surface area contributed by atoms with Gasteiger partial charge in [-0.15, -0.1) is 0 Å². The van der Waals surface area contributed by atoms with Gasteiger partial charge in [-0.1, -0.05) is 6.07 Å². The average molecular weight is 251 g/mol. The van der Waals surface area contributed by atoms with Gasteiger partial charge >= 0.3 is 0 Å². The lowest BCUT2D eigenvalue weighted by molar-refractivity contribution is 0.0651. The van der Waals surface area contributed by atoms with Crippen molar-refractivity contribution < 1.29 is 14.3 Å². The number of para-hydroxylation sites is 1. The average Bonchev–Trinajstić information content (AvgIpc) is 2.34. The molecular weight excluding hydrogens is 230 g/mol. The van der Waals surface area contributed by atoms with Crippen molar-refractivity contribution in [1.29, 1.82) is 0 Å². The quantitative estimate of drug-likeness (QED) is 0.828. The number of methoxy groups -OCH3 is 2. The standard InChI is InChI=1S/C14H21NO3/c1-14(2,3)15(4)13(16)10-8-7-9-11(17-5)12(10)18-6/h7-9H,1-6H3. The highest BCUT2D eigenvalue weighted by molar-refractivity contribution is 5.98. The van der Waals surface area contributed by atoms with E-state index in [1.54, 1.807) is 37.3 Å². The first kappa shape index (κ1) is 14.4. The van der Waals surface area contributed by atoms with Crippen LogP contribution < -0.4 is 9.47 Å². The van der Waals surface area contributed by atoms with Gasteiger partial charge in [0.2, 0.25) is 0 Å². The Morgan fingerprint density at radius 3 is 2.22 bits per heavy atom. The summed E-state index contributed by atoms with van der Waals surface area (Å²) >= 11 is 0. The van der Waals surface area contributed by atoms with Crippen LogP contribution in [0.15, 0.2) is 18.2 Å². The summed E-state index contributed by atoms with van der Waals surface area (Å²) in [6.45, 7) is 5.95. The minimum Gasteiger partial charge on any atom is -0.493 e.